The molecule has 1 heterocycles. The summed E-state index contributed by atoms with van der Waals surface area (Å²) in [6.07, 6.45) is 2.09. The molecule has 0 aliphatic heterocycles. The molecule has 0 N–H and O–H groups in total. The van der Waals surface area contributed by atoms with Crippen molar-refractivity contribution < 1.29 is 47.5 Å². The van der Waals surface area contributed by atoms with Crippen LogP contribution in [-0.2, 0) is 42.6 Å². The van der Waals surface area contributed by atoms with Crippen molar-refractivity contribution in [1.82, 2.24) is 4.57 Å². The minimum Gasteiger partial charge on any atom is -0.147 e. The largest absolute Gasteiger partial charge is 0.147 e. The Hall–Kier alpha value is -1.42. The van der Waals surface area contributed by atoms with Crippen LogP contribution >= 0.6 is 24.8 Å². The second kappa shape index (κ2) is 12.2. The van der Waals surface area contributed by atoms with E-state index in [1.165, 1.54) is 55.5 Å². The van der Waals surface area contributed by atoms with E-state index < -0.39 is 0 Å². The average Bonchev–Trinajstić information content (AvgIpc) is 3.51. The maximum Gasteiger partial charge on any atom is -0.0454 e. The molecule has 1 nitrogen and oxygen atoms in total. The number of halogens is 3. The molecule has 0 atom stereocenters. The van der Waals surface area contributed by atoms with Gasteiger partial charge in [0.15, 0.2) is 0 Å². The van der Waals surface area contributed by atoms with Crippen molar-refractivity contribution >= 4 is 35.7 Å². The van der Waals surface area contributed by atoms with Crippen LogP contribution in [0.1, 0.15) is 22.3 Å². The quantitative estimate of drug-likeness (QED) is 0.227. The number of hydrogen-bond donors (Lipinski definition) is 0. The fourth-order valence-corrected chi connectivity index (χ4v) is 5.44. The van der Waals surface area contributed by atoms with E-state index in [-0.39, 0.29) is 24.8 Å². The summed E-state index contributed by atoms with van der Waals surface area (Å²) in [5.74, 6) is 0. The minimum atomic E-state index is 0. The van der Waals surface area contributed by atoms with Gasteiger partial charge in [-0.2, -0.15) is 0 Å². The zero-order valence-corrected chi connectivity index (χ0v) is 25.3. The van der Waals surface area contributed by atoms with Crippen LogP contribution in [0.4, 0.5) is 0 Å². The predicted octanol–water partition coefficient (Wildman–Crippen LogP) is 2.02. The Labute approximate surface area is 245 Å². The summed E-state index contributed by atoms with van der Waals surface area (Å²) in [4.78, 5) is 0. The first kappa shape index (κ1) is 28.2. The third-order valence-corrected chi connectivity index (χ3v) is 6.91. The molecule has 7 rings (SSSR count). The Morgan fingerprint density at radius 3 is 2.34 bits per heavy atom. The van der Waals surface area contributed by atoms with Gasteiger partial charge in [0.05, 0.1) is 0 Å². The van der Waals surface area contributed by atoms with E-state index in [9.17, 15) is 0 Å². The number of benzene rings is 4. The smallest absolute Gasteiger partial charge is 0.0454 e. The third kappa shape index (κ3) is 5.20. The summed E-state index contributed by atoms with van der Waals surface area (Å²) >= 11 is 4.68. The van der Waals surface area contributed by atoms with E-state index in [0.29, 0.717) is 0 Å². The van der Waals surface area contributed by atoms with Crippen LogP contribution in [0.15, 0.2) is 83.3 Å². The van der Waals surface area contributed by atoms with Crippen LogP contribution in [0.2, 0.25) is 0 Å². The normalized spacial score (nSPS) is 11.3. The maximum atomic E-state index is 4.17. The predicted molar refractivity (Wildman–Crippen MR) is 139 cm³/mol. The van der Waals surface area contributed by atoms with Crippen molar-refractivity contribution in [3.63, 3.8) is 0 Å². The molecule has 4 aromatic carbocycles. The Morgan fingerprint density at radius 1 is 0.800 bits per heavy atom. The van der Waals surface area contributed by atoms with Gasteiger partial charge in [0.2, 0.25) is 0 Å². The van der Waals surface area contributed by atoms with Crippen molar-refractivity contribution in [3.05, 3.63) is 118 Å². The van der Waals surface area contributed by atoms with Crippen LogP contribution in [0, 0.1) is 12.1 Å². The van der Waals surface area contributed by atoms with Crippen LogP contribution in [0.25, 0.3) is 33.3 Å². The summed E-state index contributed by atoms with van der Waals surface area (Å²) in [5, 5.41) is 1.27. The topological polar surface area (TPSA) is 4.93 Å². The molecule has 6 heteroatoms. The van der Waals surface area contributed by atoms with E-state index in [0.717, 1.165) is 40.0 Å². The first-order valence-electron chi connectivity index (χ1n) is 10.8. The fraction of sp³-hybridized carbons (Fsp3) is 0.103. The molecule has 0 bridgehead atoms. The standard InChI is InChI=1S/C16H11BrN.C13H9.2ClH.S.Zr/c1-18-15-5-3-2-4-13(15)14-9-10-8-11(17)6-7-12(10)16(14)18;1-3-7-12-10(5-1)9-11-6-2-4-8-13(11)12;;;;/h2-3,5-8H,9H2,1H3;1-7H,9H2;2*1H;;/q2*-1;;;;+2/p-2. The number of nitrogens with zero attached hydrogens (tertiary/aromatic N) is 1. The van der Waals surface area contributed by atoms with Gasteiger partial charge in [-0.25, -0.2) is 0 Å². The Bertz CT molecular complexity index is 1450. The van der Waals surface area contributed by atoms with Gasteiger partial charge in [-0.3, -0.25) is 0 Å². The van der Waals surface area contributed by atoms with E-state index in [2.05, 4.69) is 115 Å². The molecule has 2 aliphatic carbocycles. The Balaban J connectivity index is 0.000000180. The van der Waals surface area contributed by atoms with Crippen molar-refractivity contribution in [1.29, 1.82) is 0 Å². The van der Waals surface area contributed by atoms with Gasteiger partial charge in [-0.05, 0) is 41.6 Å². The van der Waals surface area contributed by atoms with Crippen LogP contribution in [0.5, 0.6) is 0 Å². The number of aryl methyl sites for hydroxylation is 1. The Kier molecular flexibility index (Phi) is 9.83. The molecule has 5 aromatic rings. The van der Waals surface area contributed by atoms with Gasteiger partial charge < -0.3 is 29.4 Å². The number of fused-ring (bicyclic) bond motifs is 8. The van der Waals surface area contributed by atoms with E-state index in [4.69, 9.17) is 0 Å². The molecule has 0 fully saturated rings. The zero-order chi connectivity index (χ0) is 22.9. The average molecular weight is 657 g/mol. The molecule has 0 amide bonds. The van der Waals surface area contributed by atoms with Gasteiger partial charge in [0.25, 0.3) is 0 Å². The minimum absolute atomic E-state index is 0. The SMILES string of the molecule is Cn1c2c(c3[c-]cccc31)Cc1cc(Br)ccc1-2.[Cl-].[Cl-].[S]=[Zr+2].[c-]1cccc2c1-c1ccccc1C2. The van der Waals surface area contributed by atoms with Gasteiger partial charge >= 0.3 is 31.5 Å². The zero-order valence-electron chi connectivity index (χ0n) is 18.9. The van der Waals surface area contributed by atoms with Crippen LogP contribution in [0.3, 0.4) is 0 Å². The van der Waals surface area contributed by atoms with Crippen LogP contribution < -0.4 is 24.8 Å². The van der Waals surface area contributed by atoms with E-state index in [1.807, 2.05) is 12.1 Å². The molecule has 35 heavy (non-hydrogen) atoms. The summed E-state index contributed by atoms with van der Waals surface area (Å²) < 4.78 is 3.45. The Morgan fingerprint density at radius 2 is 1.51 bits per heavy atom. The first-order chi connectivity index (χ1) is 16.2. The molecule has 1 aromatic heterocycles. The van der Waals surface area contributed by atoms with Crippen molar-refractivity contribution in [2.45, 2.75) is 12.8 Å². The van der Waals surface area contributed by atoms with Crippen molar-refractivity contribution in [2.75, 3.05) is 0 Å². The summed E-state index contributed by atoms with van der Waals surface area (Å²) in [7, 11) is 6.32. The van der Waals surface area contributed by atoms with Gasteiger partial charge in [-0.1, -0.05) is 63.0 Å². The second-order valence-corrected chi connectivity index (χ2v) is 9.11. The van der Waals surface area contributed by atoms with E-state index >= 15 is 0 Å². The molecule has 0 spiro atoms. The third-order valence-electron chi connectivity index (χ3n) is 6.42. The first-order valence-corrected chi connectivity index (χ1v) is 15.0. The molecule has 0 radical (unpaired) electrons. The maximum absolute atomic E-state index is 4.17. The molecular formula is C29H20BrCl2NSZr-2. The van der Waals surface area contributed by atoms with E-state index in [1.54, 1.807) is 0 Å². The number of hydrogen-bond acceptors (Lipinski definition) is 1. The summed E-state index contributed by atoms with van der Waals surface area (Å²) in [6.45, 7) is 0. The number of rotatable bonds is 0. The number of aromatic nitrogens is 1. The fourth-order valence-electron chi connectivity index (χ4n) is 5.03. The van der Waals surface area contributed by atoms with Gasteiger partial charge in [0.1, 0.15) is 0 Å². The van der Waals surface area contributed by atoms with Gasteiger partial charge in [-0.15, -0.1) is 65.0 Å². The molecule has 0 saturated heterocycles. The van der Waals surface area contributed by atoms with Gasteiger partial charge in [0, 0.05) is 17.2 Å². The van der Waals surface area contributed by atoms with Crippen molar-refractivity contribution in [3.8, 4) is 22.4 Å². The molecule has 0 unspecified atom stereocenters. The van der Waals surface area contributed by atoms with Crippen molar-refractivity contribution in [2.24, 2.45) is 7.05 Å². The second-order valence-electron chi connectivity index (χ2n) is 8.20. The molecule has 2 aliphatic rings. The summed E-state index contributed by atoms with van der Waals surface area (Å²) in [5.41, 5.74) is 12.3. The van der Waals surface area contributed by atoms with Crippen LogP contribution in [-0.4, -0.2) is 4.57 Å². The summed E-state index contributed by atoms with van der Waals surface area (Å²) in [6, 6.07) is 34.3. The molecule has 174 valence electrons. The molecule has 0 saturated carbocycles. The monoisotopic (exact) mass is 653 g/mol. The molecular weight excluding hydrogens is 636 g/mol.